The Morgan fingerprint density at radius 1 is 1.54 bits per heavy atom. The SMILES string of the molecule is CCCC(=O)Oc1ccc(C)cn1. The maximum Gasteiger partial charge on any atom is 0.312 e. The normalized spacial score (nSPS) is 9.69. The van der Waals surface area contributed by atoms with E-state index >= 15 is 0 Å². The van der Waals surface area contributed by atoms with Gasteiger partial charge in [0.2, 0.25) is 5.88 Å². The summed E-state index contributed by atoms with van der Waals surface area (Å²) in [5.74, 6) is 0.155. The molecule has 0 radical (unpaired) electrons. The largest absolute Gasteiger partial charge is 0.407 e. The molecule has 70 valence electrons. The van der Waals surface area contributed by atoms with Crippen LogP contribution in [0.1, 0.15) is 25.3 Å². The van der Waals surface area contributed by atoms with Crippen molar-refractivity contribution in [3.8, 4) is 5.88 Å². The Morgan fingerprint density at radius 3 is 2.85 bits per heavy atom. The Bertz CT molecular complexity index is 279. The lowest BCUT2D eigenvalue weighted by atomic mass is 10.3. The molecule has 3 heteroatoms. The number of carbonyl (C=O) groups is 1. The minimum atomic E-state index is -0.223. The van der Waals surface area contributed by atoms with Gasteiger partial charge in [-0.1, -0.05) is 13.0 Å². The highest BCUT2D eigenvalue weighted by molar-refractivity contribution is 5.71. The van der Waals surface area contributed by atoms with Crippen LogP contribution in [0.5, 0.6) is 5.88 Å². The van der Waals surface area contributed by atoms with Gasteiger partial charge in [-0.15, -0.1) is 0 Å². The van der Waals surface area contributed by atoms with Crippen molar-refractivity contribution in [1.82, 2.24) is 4.98 Å². The van der Waals surface area contributed by atoms with E-state index < -0.39 is 0 Å². The van der Waals surface area contributed by atoms with Crippen molar-refractivity contribution in [1.29, 1.82) is 0 Å². The van der Waals surface area contributed by atoms with Crippen LogP contribution in [0, 0.1) is 6.92 Å². The maximum atomic E-state index is 11.0. The highest BCUT2D eigenvalue weighted by Gasteiger charge is 2.02. The van der Waals surface area contributed by atoms with Gasteiger partial charge in [0, 0.05) is 18.7 Å². The van der Waals surface area contributed by atoms with Crippen LogP contribution in [0.4, 0.5) is 0 Å². The second-order valence-corrected chi connectivity index (χ2v) is 2.90. The summed E-state index contributed by atoms with van der Waals surface area (Å²) in [5, 5.41) is 0. The first-order valence-corrected chi connectivity index (χ1v) is 4.35. The van der Waals surface area contributed by atoms with Crippen LogP contribution in [-0.2, 0) is 4.79 Å². The standard InChI is InChI=1S/C10H13NO2/c1-3-4-10(12)13-9-6-5-8(2)7-11-9/h5-7H,3-4H2,1-2H3. The number of hydrogen-bond acceptors (Lipinski definition) is 3. The Hall–Kier alpha value is -1.38. The van der Waals surface area contributed by atoms with Gasteiger partial charge >= 0.3 is 5.97 Å². The average molecular weight is 179 g/mol. The molecule has 1 aromatic rings. The predicted molar refractivity (Wildman–Crippen MR) is 49.5 cm³/mol. The average Bonchev–Trinajstić information content (AvgIpc) is 2.09. The van der Waals surface area contributed by atoms with Gasteiger partial charge < -0.3 is 4.74 Å². The molecule has 0 fully saturated rings. The lowest BCUT2D eigenvalue weighted by Crippen LogP contribution is -2.07. The summed E-state index contributed by atoms with van der Waals surface area (Å²) in [6, 6.07) is 3.56. The van der Waals surface area contributed by atoms with E-state index in [4.69, 9.17) is 4.74 Å². The van der Waals surface area contributed by atoms with Crippen molar-refractivity contribution in [2.75, 3.05) is 0 Å². The lowest BCUT2D eigenvalue weighted by Gasteiger charge is -2.01. The van der Waals surface area contributed by atoms with Crippen molar-refractivity contribution in [3.05, 3.63) is 23.9 Å². The summed E-state index contributed by atoms with van der Waals surface area (Å²) in [6.07, 6.45) is 2.91. The summed E-state index contributed by atoms with van der Waals surface area (Å²) in [6.45, 7) is 3.87. The molecule has 0 aliphatic heterocycles. The quantitative estimate of drug-likeness (QED) is 0.667. The Labute approximate surface area is 77.8 Å². The molecule has 1 aromatic heterocycles. The molecule has 0 spiro atoms. The smallest absolute Gasteiger partial charge is 0.312 e. The fourth-order valence-corrected chi connectivity index (χ4v) is 0.886. The Morgan fingerprint density at radius 2 is 2.31 bits per heavy atom. The van der Waals surface area contributed by atoms with Gasteiger partial charge in [-0.05, 0) is 18.9 Å². The molecule has 0 aliphatic rings. The second-order valence-electron chi connectivity index (χ2n) is 2.90. The fraction of sp³-hybridized carbons (Fsp3) is 0.400. The summed E-state index contributed by atoms with van der Waals surface area (Å²) in [5.41, 5.74) is 1.05. The van der Waals surface area contributed by atoms with E-state index in [0.29, 0.717) is 12.3 Å². The van der Waals surface area contributed by atoms with Crippen molar-refractivity contribution >= 4 is 5.97 Å². The number of aromatic nitrogens is 1. The van der Waals surface area contributed by atoms with Crippen molar-refractivity contribution in [2.45, 2.75) is 26.7 Å². The number of esters is 1. The maximum absolute atomic E-state index is 11.0. The third kappa shape index (κ3) is 3.23. The molecular formula is C10H13NO2. The zero-order valence-electron chi connectivity index (χ0n) is 7.91. The van der Waals surface area contributed by atoms with E-state index in [2.05, 4.69) is 4.98 Å². The summed E-state index contributed by atoms with van der Waals surface area (Å²) < 4.78 is 4.96. The first kappa shape index (κ1) is 9.71. The zero-order valence-corrected chi connectivity index (χ0v) is 7.91. The van der Waals surface area contributed by atoms with Crippen LogP contribution < -0.4 is 4.74 Å². The van der Waals surface area contributed by atoms with Crippen molar-refractivity contribution in [3.63, 3.8) is 0 Å². The molecular weight excluding hydrogens is 166 g/mol. The number of carbonyl (C=O) groups excluding carboxylic acids is 1. The van der Waals surface area contributed by atoms with Crippen LogP contribution in [0.2, 0.25) is 0 Å². The van der Waals surface area contributed by atoms with Crippen molar-refractivity contribution in [2.24, 2.45) is 0 Å². The molecule has 0 saturated carbocycles. The van der Waals surface area contributed by atoms with Gasteiger partial charge in [-0.3, -0.25) is 4.79 Å². The van der Waals surface area contributed by atoms with Gasteiger partial charge in [0.1, 0.15) is 0 Å². The van der Waals surface area contributed by atoms with Gasteiger partial charge in [0.05, 0.1) is 0 Å². The molecule has 0 unspecified atom stereocenters. The molecule has 0 amide bonds. The minimum absolute atomic E-state index is 0.223. The van der Waals surface area contributed by atoms with E-state index in [1.165, 1.54) is 0 Å². The topological polar surface area (TPSA) is 39.2 Å². The number of hydrogen-bond donors (Lipinski definition) is 0. The summed E-state index contributed by atoms with van der Waals surface area (Å²) in [4.78, 5) is 15.0. The molecule has 1 rings (SSSR count). The first-order chi connectivity index (χ1) is 6.22. The van der Waals surface area contributed by atoms with E-state index in [-0.39, 0.29) is 5.97 Å². The Balaban J connectivity index is 2.54. The Kier molecular flexibility index (Phi) is 3.43. The molecule has 3 nitrogen and oxygen atoms in total. The molecule has 0 N–H and O–H groups in total. The molecule has 1 heterocycles. The lowest BCUT2D eigenvalue weighted by molar-refractivity contribution is -0.134. The van der Waals surface area contributed by atoms with E-state index in [1.807, 2.05) is 19.9 Å². The van der Waals surface area contributed by atoms with Crippen LogP contribution in [0.15, 0.2) is 18.3 Å². The number of aryl methyl sites for hydroxylation is 1. The van der Waals surface area contributed by atoms with E-state index in [0.717, 1.165) is 12.0 Å². The van der Waals surface area contributed by atoms with Gasteiger partial charge in [-0.25, -0.2) is 4.98 Å². The van der Waals surface area contributed by atoms with Crippen LogP contribution in [-0.4, -0.2) is 11.0 Å². The molecule has 13 heavy (non-hydrogen) atoms. The number of pyridine rings is 1. The first-order valence-electron chi connectivity index (χ1n) is 4.35. The minimum Gasteiger partial charge on any atom is -0.407 e. The van der Waals surface area contributed by atoms with Crippen molar-refractivity contribution < 1.29 is 9.53 Å². The van der Waals surface area contributed by atoms with E-state index in [9.17, 15) is 4.79 Å². The molecule has 0 bridgehead atoms. The van der Waals surface area contributed by atoms with Gasteiger partial charge in [0.25, 0.3) is 0 Å². The molecule has 0 aliphatic carbocycles. The van der Waals surface area contributed by atoms with Gasteiger partial charge in [-0.2, -0.15) is 0 Å². The van der Waals surface area contributed by atoms with Gasteiger partial charge in [0.15, 0.2) is 0 Å². The number of ether oxygens (including phenoxy) is 1. The third-order valence-corrected chi connectivity index (χ3v) is 1.56. The van der Waals surface area contributed by atoms with Crippen LogP contribution in [0.25, 0.3) is 0 Å². The highest BCUT2D eigenvalue weighted by atomic mass is 16.5. The third-order valence-electron chi connectivity index (χ3n) is 1.56. The fourth-order valence-electron chi connectivity index (χ4n) is 0.886. The predicted octanol–water partition coefficient (Wildman–Crippen LogP) is 2.10. The number of nitrogens with zero attached hydrogens (tertiary/aromatic N) is 1. The zero-order chi connectivity index (χ0) is 9.68. The second kappa shape index (κ2) is 4.60. The monoisotopic (exact) mass is 179 g/mol. The molecule has 0 atom stereocenters. The molecule has 0 saturated heterocycles. The van der Waals surface area contributed by atoms with E-state index in [1.54, 1.807) is 12.3 Å². The number of rotatable bonds is 3. The molecule has 0 aromatic carbocycles. The van der Waals surface area contributed by atoms with Crippen LogP contribution in [0.3, 0.4) is 0 Å². The summed E-state index contributed by atoms with van der Waals surface area (Å²) in [7, 11) is 0. The highest BCUT2D eigenvalue weighted by Crippen LogP contribution is 2.07. The summed E-state index contributed by atoms with van der Waals surface area (Å²) >= 11 is 0. The van der Waals surface area contributed by atoms with Crippen LogP contribution >= 0.6 is 0 Å².